The number of hydrogen-bond acceptors (Lipinski definition) is 3. The van der Waals surface area contributed by atoms with Gasteiger partial charge in [0.1, 0.15) is 5.82 Å². The van der Waals surface area contributed by atoms with Gasteiger partial charge in [0, 0.05) is 6.54 Å². The fourth-order valence-corrected chi connectivity index (χ4v) is 1.84. The van der Waals surface area contributed by atoms with Crippen LogP contribution in [0.4, 0.5) is 4.39 Å². The summed E-state index contributed by atoms with van der Waals surface area (Å²) in [5.74, 6) is -0.229. The van der Waals surface area contributed by atoms with Crippen molar-refractivity contribution in [2.24, 2.45) is 0 Å². The van der Waals surface area contributed by atoms with Crippen LogP contribution in [0.5, 0.6) is 0 Å². The van der Waals surface area contributed by atoms with Crippen molar-refractivity contribution in [2.75, 3.05) is 6.54 Å². The lowest BCUT2D eigenvalue weighted by Gasteiger charge is -2.08. The minimum absolute atomic E-state index is 0.229. The molecule has 0 bridgehead atoms. The maximum absolute atomic E-state index is 13.3. The minimum atomic E-state index is -0.422. The van der Waals surface area contributed by atoms with E-state index >= 15 is 0 Å². The Kier molecular flexibility index (Phi) is 4.38. The van der Waals surface area contributed by atoms with Crippen LogP contribution >= 0.6 is 11.9 Å². The molecule has 2 N–H and O–H groups in total. The fourth-order valence-electron chi connectivity index (χ4n) is 0.980. The molecule has 0 aliphatic rings. The zero-order chi connectivity index (χ0) is 10.6. The van der Waals surface area contributed by atoms with Gasteiger partial charge in [-0.15, -0.1) is 0 Å². The van der Waals surface area contributed by atoms with Gasteiger partial charge in [-0.3, -0.25) is 4.72 Å². The number of nitrogens with one attached hydrogen (secondary N) is 1. The normalized spacial score (nSPS) is 12.9. The first-order valence-electron chi connectivity index (χ1n) is 4.44. The molecule has 0 saturated heterocycles. The van der Waals surface area contributed by atoms with E-state index in [-0.39, 0.29) is 5.82 Å². The van der Waals surface area contributed by atoms with Gasteiger partial charge in [-0.1, -0.05) is 12.1 Å². The highest BCUT2D eigenvalue weighted by molar-refractivity contribution is 7.97. The zero-order valence-corrected chi connectivity index (χ0v) is 9.07. The Morgan fingerprint density at radius 1 is 1.57 bits per heavy atom. The Hall–Kier alpha value is -0.580. The quantitative estimate of drug-likeness (QED) is 0.754. The summed E-state index contributed by atoms with van der Waals surface area (Å²) in [5, 5.41) is 9.00. The lowest BCUT2D eigenvalue weighted by molar-refractivity contribution is 0.200. The van der Waals surface area contributed by atoms with Crippen LogP contribution in [0.2, 0.25) is 0 Å². The highest BCUT2D eigenvalue weighted by Gasteiger charge is 2.05. The van der Waals surface area contributed by atoms with Gasteiger partial charge in [0.15, 0.2) is 0 Å². The second kappa shape index (κ2) is 5.34. The van der Waals surface area contributed by atoms with Crippen LogP contribution in [-0.4, -0.2) is 17.8 Å². The lowest BCUT2D eigenvalue weighted by Crippen LogP contribution is -2.18. The molecule has 4 heteroatoms. The summed E-state index contributed by atoms with van der Waals surface area (Å²) in [6.07, 6.45) is -0.422. The molecule has 0 spiro atoms. The summed E-state index contributed by atoms with van der Waals surface area (Å²) in [4.78, 5) is 0.591. The second-order valence-electron chi connectivity index (χ2n) is 3.19. The highest BCUT2D eigenvalue weighted by atomic mass is 32.2. The maximum Gasteiger partial charge on any atom is 0.138 e. The van der Waals surface area contributed by atoms with E-state index in [0.29, 0.717) is 11.4 Å². The van der Waals surface area contributed by atoms with E-state index in [2.05, 4.69) is 4.72 Å². The van der Waals surface area contributed by atoms with Crippen LogP contribution in [0.3, 0.4) is 0 Å². The molecular formula is C10H14FNOS. The van der Waals surface area contributed by atoms with Crippen LogP contribution in [0.25, 0.3) is 0 Å². The summed E-state index contributed by atoms with van der Waals surface area (Å²) < 4.78 is 16.2. The van der Waals surface area contributed by atoms with E-state index in [1.807, 2.05) is 13.0 Å². The first kappa shape index (κ1) is 11.5. The Morgan fingerprint density at radius 3 is 2.86 bits per heavy atom. The standard InChI is InChI=1S/C10H14FNOS/c1-7-4-3-5-9(11)10(7)14-12-6-8(2)13/h3-5,8,12-13H,6H2,1-2H3. The van der Waals surface area contributed by atoms with Gasteiger partial charge < -0.3 is 5.11 Å². The number of halogens is 1. The molecule has 0 heterocycles. The molecule has 1 rings (SSSR count). The summed E-state index contributed by atoms with van der Waals surface area (Å²) in [7, 11) is 0. The van der Waals surface area contributed by atoms with E-state index in [9.17, 15) is 4.39 Å². The second-order valence-corrected chi connectivity index (χ2v) is 4.09. The number of aliphatic hydroxyl groups excluding tert-OH is 1. The van der Waals surface area contributed by atoms with Crippen molar-refractivity contribution < 1.29 is 9.50 Å². The van der Waals surface area contributed by atoms with E-state index < -0.39 is 6.10 Å². The Morgan fingerprint density at radius 2 is 2.29 bits per heavy atom. The van der Waals surface area contributed by atoms with Crippen LogP contribution in [0, 0.1) is 12.7 Å². The molecule has 0 aliphatic heterocycles. The molecule has 1 aromatic rings. The monoisotopic (exact) mass is 215 g/mol. The molecule has 0 aromatic heterocycles. The number of aliphatic hydroxyl groups is 1. The minimum Gasteiger partial charge on any atom is -0.392 e. The Labute approximate surface area is 87.7 Å². The van der Waals surface area contributed by atoms with E-state index in [0.717, 1.165) is 5.56 Å². The van der Waals surface area contributed by atoms with Crippen molar-refractivity contribution in [3.05, 3.63) is 29.6 Å². The van der Waals surface area contributed by atoms with Crippen molar-refractivity contribution in [3.8, 4) is 0 Å². The fraction of sp³-hybridized carbons (Fsp3) is 0.400. The molecule has 14 heavy (non-hydrogen) atoms. The third-order valence-corrected chi connectivity index (χ3v) is 2.75. The molecule has 0 fully saturated rings. The molecule has 1 atom stereocenters. The van der Waals surface area contributed by atoms with E-state index in [1.165, 1.54) is 18.0 Å². The Bertz CT molecular complexity index is 284. The third kappa shape index (κ3) is 3.29. The summed E-state index contributed by atoms with van der Waals surface area (Å²) in [6, 6.07) is 4.97. The molecule has 0 aliphatic carbocycles. The number of benzene rings is 1. The van der Waals surface area contributed by atoms with Crippen LogP contribution in [0.15, 0.2) is 23.1 Å². The average Bonchev–Trinajstić information content (AvgIpc) is 2.09. The molecule has 0 radical (unpaired) electrons. The molecule has 1 unspecified atom stereocenters. The van der Waals surface area contributed by atoms with Gasteiger partial charge in [-0.2, -0.15) is 0 Å². The first-order valence-corrected chi connectivity index (χ1v) is 5.26. The Balaban J connectivity index is 2.58. The van der Waals surface area contributed by atoms with Crippen molar-refractivity contribution in [1.29, 1.82) is 0 Å². The van der Waals surface area contributed by atoms with Gasteiger partial charge in [0.2, 0.25) is 0 Å². The van der Waals surface area contributed by atoms with Gasteiger partial charge in [0.05, 0.1) is 11.0 Å². The van der Waals surface area contributed by atoms with Crippen molar-refractivity contribution in [2.45, 2.75) is 24.8 Å². The molecule has 2 nitrogen and oxygen atoms in total. The summed E-state index contributed by atoms with van der Waals surface area (Å²) >= 11 is 1.22. The van der Waals surface area contributed by atoms with Crippen molar-refractivity contribution in [1.82, 2.24) is 4.72 Å². The van der Waals surface area contributed by atoms with Gasteiger partial charge in [-0.25, -0.2) is 4.39 Å². The summed E-state index contributed by atoms with van der Waals surface area (Å²) in [6.45, 7) is 3.98. The van der Waals surface area contributed by atoms with Gasteiger partial charge in [0.25, 0.3) is 0 Å². The van der Waals surface area contributed by atoms with Gasteiger partial charge >= 0.3 is 0 Å². The maximum atomic E-state index is 13.3. The number of rotatable bonds is 4. The third-order valence-electron chi connectivity index (χ3n) is 1.72. The zero-order valence-electron chi connectivity index (χ0n) is 8.25. The molecular weight excluding hydrogens is 201 g/mol. The van der Waals surface area contributed by atoms with Gasteiger partial charge in [-0.05, 0) is 37.4 Å². The van der Waals surface area contributed by atoms with Crippen LogP contribution in [-0.2, 0) is 0 Å². The van der Waals surface area contributed by atoms with E-state index in [1.54, 1.807) is 13.0 Å². The van der Waals surface area contributed by atoms with Crippen molar-refractivity contribution >= 4 is 11.9 Å². The topological polar surface area (TPSA) is 32.3 Å². The molecule has 78 valence electrons. The largest absolute Gasteiger partial charge is 0.392 e. The average molecular weight is 215 g/mol. The van der Waals surface area contributed by atoms with Crippen LogP contribution < -0.4 is 4.72 Å². The smallest absolute Gasteiger partial charge is 0.138 e. The number of hydrogen-bond donors (Lipinski definition) is 2. The highest BCUT2D eigenvalue weighted by Crippen LogP contribution is 2.22. The lowest BCUT2D eigenvalue weighted by atomic mass is 10.2. The molecule has 1 aromatic carbocycles. The molecule has 0 amide bonds. The summed E-state index contributed by atoms with van der Waals surface area (Å²) in [5.41, 5.74) is 0.896. The first-order chi connectivity index (χ1) is 6.61. The SMILES string of the molecule is Cc1cccc(F)c1SNCC(C)O. The van der Waals surface area contributed by atoms with E-state index in [4.69, 9.17) is 5.11 Å². The predicted molar refractivity (Wildman–Crippen MR) is 56.7 cm³/mol. The predicted octanol–water partition coefficient (Wildman–Crippen LogP) is 2.11. The molecule has 0 saturated carbocycles. The number of aryl methyl sites for hydroxylation is 1. The van der Waals surface area contributed by atoms with Crippen molar-refractivity contribution in [3.63, 3.8) is 0 Å². The van der Waals surface area contributed by atoms with Crippen LogP contribution in [0.1, 0.15) is 12.5 Å².